The van der Waals surface area contributed by atoms with E-state index >= 15 is 0 Å². The van der Waals surface area contributed by atoms with Gasteiger partial charge in [0.05, 0.1) is 25.6 Å². The van der Waals surface area contributed by atoms with Gasteiger partial charge in [0.15, 0.2) is 11.5 Å². The maximum atomic E-state index is 11.7. The normalized spacial score (nSPS) is 21.9. The quantitative estimate of drug-likeness (QED) is 0.764. The molecule has 2 amide bonds. The number of anilines is 2. The summed E-state index contributed by atoms with van der Waals surface area (Å²) in [7, 11) is 4.49. The second-order valence-electron chi connectivity index (χ2n) is 5.32. The van der Waals surface area contributed by atoms with Crippen LogP contribution in [-0.4, -0.2) is 46.9 Å². The summed E-state index contributed by atoms with van der Waals surface area (Å²) in [5.74, 6) is 0.573. The van der Waals surface area contributed by atoms with Crippen LogP contribution < -0.4 is 19.3 Å². The van der Waals surface area contributed by atoms with E-state index in [9.17, 15) is 9.59 Å². The van der Waals surface area contributed by atoms with Crippen LogP contribution in [0.3, 0.4) is 0 Å². The molecule has 0 radical (unpaired) electrons. The van der Waals surface area contributed by atoms with E-state index in [0.29, 0.717) is 47.3 Å². The van der Waals surface area contributed by atoms with Gasteiger partial charge in [-0.2, -0.15) is 0 Å². The summed E-state index contributed by atoms with van der Waals surface area (Å²) in [6.07, 6.45) is 1.62. The Kier molecular flexibility index (Phi) is 4.08. The molecule has 0 saturated heterocycles. The summed E-state index contributed by atoms with van der Waals surface area (Å²) in [6.45, 7) is 0.488. The fraction of sp³-hybridized carbons (Fsp3) is 0.467. The van der Waals surface area contributed by atoms with Crippen molar-refractivity contribution in [3.05, 3.63) is 10.6 Å². The van der Waals surface area contributed by atoms with E-state index in [-0.39, 0.29) is 5.92 Å². The topological polar surface area (TPSA) is 68.3 Å². The van der Waals surface area contributed by atoms with Gasteiger partial charge in [-0.15, -0.1) is 0 Å². The fourth-order valence-corrected chi connectivity index (χ4v) is 3.94. The zero-order valence-corrected chi connectivity index (χ0v) is 13.8. The molecule has 23 heavy (non-hydrogen) atoms. The molecule has 2 unspecified atom stereocenters. The standard InChI is InChI=1S/C15H17ClN2O5/c1-21-13-10(16)11-9-8(4-5-17(11)6-19)15(23-3)18(7-20)12(9)14(13)22-2/h6-8,15H,4-5H2,1-3H3. The largest absolute Gasteiger partial charge is 0.491 e. The lowest BCUT2D eigenvalue weighted by Gasteiger charge is -2.32. The summed E-state index contributed by atoms with van der Waals surface area (Å²) >= 11 is 6.48. The third-order valence-corrected chi connectivity index (χ3v) is 4.80. The number of halogens is 1. The second kappa shape index (κ2) is 5.90. The Morgan fingerprint density at radius 2 is 1.78 bits per heavy atom. The second-order valence-corrected chi connectivity index (χ2v) is 5.70. The molecular weight excluding hydrogens is 324 g/mol. The third kappa shape index (κ3) is 2.00. The van der Waals surface area contributed by atoms with Gasteiger partial charge >= 0.3 is 0 Å². The average Bonchev–Trinajstić information content (AvgIpc) is 2.91. The lowest BCUT2D eigenvalue weighted by molar-refractivity contribution is -0.110. The molecule has 0 aliphatic carbocycles. The zero-order valence-electron chi connectivity index (χ0n) is 13.0. The van der Waals surface area contributed by atoms with Crippen molar-refractivity contribution in [2.24, 2.45) is 0 Å². The van der Waals surface area contributed by atoms with Gasteiger partial charge in [-0.25, -0.2) is 0 Å². The van der Waals surface area contributed by atoms with Gasteiger partial charge in [0.25, 0.3) is 0 Å². The van der Waals surface area contributed by atoms with Crippen LogP contribution in [0.15, 0.2) is 0 Å². The first-order valence-corrected chi connectivity index (χ1v) is 7.48. The Bertz CT molecular complexity index is 666. The number of benzene rings is 1. The summed E-state index contributed by atoms with van der Waals surface area (Å²) in [6, 6.07) is 0. The van der Waals surface area contributed by atoms with Crippen LogP contribution in [0.5, 0.6) is 11.5 Å². The van der Waals surface area contributed by atoms with E-state index in [1.807, 2.05) is 0 Å². The summed E-state index contributed by atoms with van der Waals surface area (Å²) in [4.78, 5) is 26.1. The van der Waals surface area contributed by atoms with Crippen LogP contribution >= 0.6 is 11.6 Å². The SMILES string of the molecule is COc1c(Cl)c2c3c(c1OC)N(C=O)C(OC)C3CCN2C=O. The monoisotopic (exact) mass is 340 g/mol. The Hall–Kier alpha value is -1.99. The van der Waals surface area contributed by atoms with E-state index in [1.54, 1.807) is 7.11 Å². The van der Waals surface area contributed by atoms with Crippen molar-refractivity contribution in [2.45, 2.75) is 18.6 Å². The van der Waals surface area contributed by atoms with Gasteiger partial charge in [-0.05, 0) is 6.42 Å². The Morgan fingerprint density at radius 1 is 1.09 bits per heavy atom. The molecule has 0 bridgehead atoms. The molecule has 2 aliphatic rings. The summed E-state index contributed by atoms with van der Waals surface area (Å²) in [5, 5.41) is 0.294. The maximum absolute atomic E-state index is 11.7. The van der Waals surface area contributed by atoms with E-state index in [4.69, 9.17) is 25.8 Å². The molecule has 8 heteroatoms. The molecule has 3 rings (SSSR count). The minimum Gasteiger partial charge on any atom is -0.491 e. The first-order chi connectivity index (χ1) is 11.1. The molecular formula is C15H17ClN2O5. The van der Waals surface area contributed by atoms with Crippen LogP contribution in [-0.2, 0) is 14.3 Å². The number of nitrogens with zero attached hydrogens (tertiary/aromatic N) is 2. The lowest BCUT2D eigenvalue weighted by atomic mass is 9.90. The number of rotatable bonds is 5. The lowest BCUT2D eigenvalue weighted by Crippen LogP contribution is -2.37. The zero-order chi connectivity index (χ0) is 16.7. The molecule has 0 fully saturated rings. The Labute approximate surface area is 138 Å². The van der Waals surface area contributed by atoms with Crippen LogP contribution in [0.2, 0.25) is 5.02 Å². The summed E-state index contributed by atoms with van der Waals surface area (Å²) < 4.78 is 16.3. The number of hydrogen-bond donors (Lipinski definition) is 0. The molecule has 0 spiro atoms. The van der Waals surface area contributed by atoms with Crippen LogP contribution in [0.25, 0.3) is 0 Å². The highest BCUT2D eigenvalue weighted by Crippen LogP contribution is 2.60. The molecule has 1 aromatic carbocycles. The van der Waals surface area contributed by atoms with Crippen molar-refractivity contribution in [1.82, 2.24) is 0 Å². The molecule has 2 heterocycles. The molecule has 0 saturated carbocycles. The molecule has 124 valence electrons. The molecule has 7 nitrogen and oxygen atoms in total. The number of carbonyl (C=O) groups excluding carboxylic acids is 2. The van der Waals surface area contributed by atoms with Crippen LogP contribution in [0, 0.1) is 0 Å². The van der Waals surface area contributed by atoms with E-state index in [0.717, 1.165) is 12.0 Å². The number of hydrogen-bond acceptors (Lipinski definition) is 5. The van der Waals surface area contributed by atoms with Crippen LogP contribution in [0.4, 0.5) is 11.4 Å². The fourth-order valence-electron chi connectivity index (χ4n) is 3.56. The van der Waals surface area contributed by atoms with E-state index in [1.165, 1.54) is 24.0 Å². The van der Waals surface area contributed by atoms with Crippen molar-refractivity contribution in [3.63, 3.8) is 0 Å². The molecule has 1 aromatic rings. The predicted octanol–water partition coefficient (Wildman–Crippen LogP) is 1.76. The number of methoxy groups -OCH3 is 3. The first-order valence-electron chi connectivity index (χ1n) is 7.10. The first kappa shape index (κ1) is 15.9. The molecule has 2 atom stereocenters. The highest BCUT2D eigenvalue weighted by molar-refractivity contribution is 6.36. The van der Waals surface area contributed by atoms with Crippen molar-refractivity contribution in [1.29, 1.82) is 0 Å². The average molecular weight is 341 g/mol. The van der Waals surface area contributed by atoms with Crippen molar-refractivity contribution < 1.29 is 23.8 Å². The van der Waals surface area contributed by atoms with Gasteiger partial charge in [0.1, 0.15) is 11.3 Å². The highest BCUT2D eigenvalue weighted by atomic mass is 35.5. The van der Waals surface area contributed by atoms with Crippen molar-refractivity contribution in [3.8, 4) is 11.5 Å². The van der Waals surface area contributed by atoms with E-state index < -0.39 is 6.23 Å². The Morgan fingerprint density at radius 3 is 2.30 bits per heavy atom. The van der Waals surface area contributed by atoms with Gasteiger partial charge < -0.3 is 19.1 Å². The maximum Gasteiger partial charge on any atom is 0.216 e. The smallest absolute Gasteiger partial charge is 0.216 e. The van der Waals surface area contributed by atoms with Crippen LogP contribution in [0.1, 0.15) is 17.9 Å². The number of ether oxygens (including phenoxy) is 3. The van der Waals surface area contributed by atoms with E-state index in [2.05, 4.69) is 0 Å². The highest BCUT2D eigenvalue weighted by Gasteiger charge is 2.47. The van der Waals surface area contributed by atoms with Gasteiger partial charge in [0.2, 0.25) is 12.8 Å². The molecule has 0 N–H and O–H groups in total. The minimum atomic E-state index is -0.466. The molecule has 0 aromatic heterocycles. The van der Waals surface area contributed by atoms with Gasteiger partial charge in [-0.3, -0.25) is 14.5 Å². The minimum absolute atomic E-state index is 0.0799. The predicted molar refractivity (Wildman–Crippen MR) is 84.7 cm³/mol. The van der Waals surface area contributed by atoms with Gasteiger partial charge in [0, 0.05) is 25.1 Å². The third-order valence-electron chi connectivity index (χ3n) is 4.44. The van der Waals surface area contributed by atoms with Gasteiger partial charge in [-0.1, -0.05) is 11.6 Å². The summed E-state index contributed by atoms with van der Waals surface area (Å²) in [5.41, 5.74) is 1.88. The van der Waals surface area contributed by atoms with Crippen molar-refractivity contribution in [2.75, 3.05) is 37.7 Å². The Balaban J connectivity index is 2.39. The number of carbonyl (C=O) groups is 2. The van der Waals surface area contributed by atoms with Crippen molar-refractivity contribution >= 4 is 35.8 Å². The number of amides is 2. The molecule has 2 aliphatic heterocycles.